The smallest absolute Gasteiger partial charge is 0.137 e. The Kier molecular flexibility index (Phi) is 6.83. The third-order valence-electron chi connectivity index (χ3n) is 4.13. The Morgan fingerprint density at radius 3 is 2.05 bits per heavy atom. The molecule has 1 heterocycles. The van der Waals surface area contributed by atoms with E-state index in [0.717, 1.165) is 44.1 Å². The maximum Gasteiger partial charge on any atom is 0.137 e. The van der Waals surface area contributed by atoms with Gasteiger partial charge >= 0.3 is 0 Å². The number of likely N-dealkylation sites (N-methyl/N-ethyl adjacent to an activating group) is 1. The summed E-state index contributed by atoms with van der Waals surface area (Å²) in [6, 6.07) is 8.00. The molecule has 0 saturated carbocycles. The summed E-state index contributed by atoms with van der Waals surface area (Å²) in [4.78, 5) is 3.32. The Morgan fingerprint density at radius 2 is 1.48 bits per heavy atom. The van der Waals surface area contributed by atoms with Crippen LogP contribution in [0.3, 0.4) is 0 Å². The van der Waals surface area contributed by atoms with Gasteiger partial charge in [-0.2, -0.15) is 0 Å². The second-order valence-electron chi connectivity index (χ2n) is 5.98. The van der Waals surface area contributed by atoms with E-state index in [1.165, 1.54) is 26.2 Å². The van der Waals surface area contributed by atoms with E-state index in [-0.39, 0.29) is 0 Å². The lowest BCUT2D eigenvalue weighted by molar-refractivity contribution is -1.00. The molecule has 0 aliphatic carbocycles. The lowest BCUT2D eigenvalue weighted by atomic mass is 10.3. The highest BCUT2D eigenvalue weighted by Crippen LogP contribution is 2.17. The summed E-state index contributed by atoms with van der Waals surface area (Å²) < 4.78 is 11.5. The zero-order valence-corrected chi connectivity index (χ0v) is 13.5. The molecule has 118 valence electrons. The van der Waals surface area contributed by atoms with Crippen LogP contribution in [0.1, 0.15) is 19.8 Å². The van der Waals surface area contributed by atoms with Gasteiger partial charge in [0.2, 0.25) is 0 Å². The normalized spacial score (nSPS) is 22.0. The third-order valence-corrected chi connectivity index (χ3v) is 4.13. The molecule has 4 heteroatoms. The van der Waals surface area contributed by atoms with Crippen LogP contribution >= 0.6 is 0 Å². The highest BCUT2D eigenvalue weighted by atomic mass is 16.5. The molecule has 1 aliphatic rings. The van der Waals surface area contributed by atoms with Gasteiger partial charge in [-0.1, -0.05) is 13.3 Å². The van der Waals surface area contributed by atoms with Gasteiger partial charge in [-0.25, -0.2) is 0 Å². The summed E-state index contributed by atoms with van der Waals surface area (Å²) in [5.74, 6) is 1.88. The summed E-state index contributed by atoms with van der Waals surface area (Å²) in [5, 5.41) is 0. The maximum atomic E-state index is 5.83. The molecule has 0 atom stereocenters. The van der Waals surface area contributed by atoms with Gasteiger partial charge in [0.05, 0.1) is 13.7 Å². The summed E-state index contributed by atoms with van der Waals surface area (Å²) in [7, 11) is 2.28. The van der Waals surface area contributed by atoms with Crippen LogP contribution in [-0.4, -0.2) is 53.0 Å². The number of rotatable bonds is 8. The molecule has 2 N–H and O–H groups in total. The van der Waals surface area contributed by atoms with Gasteiger partial charge in [-0.3, -0.25) is 0 Å². The van der Waals surface area contributed by atoms with Crippen LogP contribution in [0.2, 0.25) is 0 Å². The van der Waals surface area contributed by atoms with Crippen LogP contribution in [0.4, 0.5) is 0 Å². The van der Waals surface area contributed by atoms with Crippen molar-refractivity contribution in [3.05, 3.63) is 24.3 Å². The molecular weight excluding hydrogens is 264 g/mol. The number of benzene rings is 1. The van der Waals surface area contributed by atoms with Crippen LogP contribution in [0.15, 0.2) is 24.3 Å². The fourth-order valence-corrected chi connectivity index (χ4v) is 2.56. The minimum atomic E-state index is 0.796. The predicted octanol–water partition coefficient (Wildman–Crippen LogP) is -0.342. The number of nitrogens with one attached hydrogen (secondary N) is 2. The molecule has 0 unspecified atom stereocenters. The Hall–Kier alpha value is -1.26. The summed E-state index contributed by atoms with van der Waals surface area (Å²) >= 11 is 0. The maximum absolute atomic E-state index is 5.83. The van der Waals surface area contributed by atoms with E-state index in [9.17, 15) is 0 Å². The highest BCUT2D eigenvalue weighted by molar-refractivity contribution is 5.31. The number of hydrogen-bond acceptors (Lipinski definition) is 2. The quantitative estimate of drug-likeness (QED) is 0.642. The molecule has 0 bridgehead atoms. The van der Waals surface area contributed by atoms with Crippen molar-refractivity contribution in [1.82, 2.24) is 0 Å². The molecule has 1 aliphatic heterocycles. The van der Waals surface area contributed by atoms with Crippen molar-refractivity contribution in [2.24, 2.45) is 0 Å². The van der Waals surface area contributed by atoms with E-state index in [1.807, 2.05) is 24.3 Å². The first-order valence-corrected chi connectivity index (χ1v) is 8.28. The average molecular weight is 294 g/mol. The second-order valence-corrected chi connectivity index (χ2v) is 5.98. The first-order chi connectivity index (χ1) is 10.3. The van der Waals surface area contributed by atoms with Crippen molar-refractivity contribution < 1.29 is 19.3 Å². The van der Waals surface area contributed by atoms with Crippen molar-refractivity contribution in [1.29, 1.82) is 0 Å². The molecular formula is C17H30N2O2+2. The van der Waals surface area contributed by atoms with Crippen molar-refractivity contribution in [3.8, 4) is 11.5 Å². The lowest BCUT2D eigenvalue weighted by Crippen LogP contribution is -3.27. The van der Waals surface area contributed by atoms with Crippen LogP contribution in [-0.2, 0) is 0 Å². The second kappa shape index (κ2) is 8.90. The van der Waals surface area contributed by atoms with E-state index in [0.29, 0.717) is 0 Å². The number of hydrogen-bond donors (Lipinski definition) is 2. The zero-order valence-electron chi connectivity index (χ0n) is 13.5. The average Bonchev–Trinajstić information content (AvgIpc) is 2.51. The van der Waals surface area contributed by atoms with Gasteiger partial charge in [-0.15, -0.1) is 0 Å². The summed E-state index contributed by atoms with van der Waals surface area (Å²) in [6.45, 7) is 9.94. The predicted molar refractivity (Wildman–Crippen MR) is 84.5 cm³/mol. The third kappa shape index (κ3) is 5.94. The first-order valence-electron chi connectivity index (χ1n) is 8.28. The fourth-order valence-electron chi connectivity index (χ4n) is 2.56. The zero-order chi connectivity index (χ0) is 14.9. The van der Waals surface area contributed by atoms with Crippen LogP contribution in [0.5, 0.6) is 11.5 Å². The number of quaternary nitrogens is 2. The summed E-state index contributed by atoms with van der Waals surface area (Å²) in [5.41, 5.74) is 0. The van der Waals surface area contributed by atoms with E-state index in [2.05, 4.69) is 14.0 Å². The minimum Gasteiger partial charge on any atom is -0.494 e. The van der Waals surface area contributed by atoms with E-state index in [1.54, 1.807) is 9.80 Å². The fraction of sp³-hybridized carbons (Fsp3) is 0.647. The van der Waals surface area contributed by atoms with Crippen molar-refractivity contribution in [2.45, 2.75) is 19.8 Å². The number of unbranched alkanes of at least 4 members (excludes halogenated alkanes) is 1. The molecule has 1 saturated heterocycles. The van der Waals surface area contributed by atoms with Crippen LogP contribution in [0.25, 0.3) is 0 Å². The molecule has 4 nitrogen and oxygen atoms in total. The minimum absolute atomic E-state index is 0.796. The first kappa shape index (κ1) is 16.1. The molecule has 21 heavy (non-hydrogen) atoms. The molecule has 1 fully saturated rings. The lowest BCUT2D eigenvalue weighted by Gasteiger charge is -2.27. The van der Waals surface area contributed by atoms with Crippen LogP contribution < -0.4 is 19.3 Å². The largest absolute Gasteiger partial charge is 0.494 e. The SMILES string of the molecule is CCCCOc1ccc(OCC[NH+]2CC[NH+](C)CC2)cc1. The number of ether oxygens (including phenoxy) is 2. The standard InChI is InChI=1S/C17H28N2O2/c1-3-4-14-20-16-5-7-17(8-6-16)21-15-13-19-11-9-18(2)10-12-19/h5-8H,3-4,9-15H2,1-2H3/p+2. The van der Waals surface area contributed by atoms with Gasteiger partial charge in [0.15, 0.2) is 0 Å². The Morgan fingerprint density at radius 1 is 0.905 bits per heavy atom. The molecule has 0 aromatic heterocycles. The van der Waals surface area contributed by atoms with Gasteiger partial charge in [0, 0.05) is 0 Å². The number of piperazine rings is 1. The summed E-state index contributed by atoms with van der Waals surface area (Å²) in [6.07, 6.45) is 2.27. The highest BCUT2D eigenvalue weighted by Gasteiger charge is 2.19. The molecule has 1 aromatic carbocycles. The van der Waals surface area contributed by atoms with Crippen LogP contribution in [0, 0.1) is 0 Å². The molecule has 0 radical (unpaired) electrons. The topological polar surface area (TPSA) is 27.3 Å². The van der Waals surface area contributed by atoms with E-state index < -0.39 is 0 Å². The molecule has 0 amide bonds. The van der Waals surface area contributed by atoms with Gasteiger partial charge in [0.1, 0.15) is 50.8 Å². The van der Waals surface area contributed by atoms with Gasteiger partial charge in [0.25, 0.3) is 0 Å². The Balaban J connectivity index is 1.64. The van der Waals surface area contributed by atoms with Crippen molar-refractivity contribution in [2.75, 3.05) is 53.0 Å². The monoisotopic (exact) mass is 294 g/mol. The molecule has 2 rings (SSSR count). The Labute approximate surface area is 128 Å². The van der Waals surface area contributed by atoms with Gasteiger partial charge < -0.3 is 19.3 Å². The van der Waals surface area contributed by atoms with Crippen molar-refractivity contribution in [3.63, 3.8) is 0 Å². The molecule has 1 aromatic rings. The van der Waals surface area contributed by atoms with Crippen molar-refractivity contribution >= 4 is 0 Å². The Bertz CT molecular complexity index is 386. The van der Waals surface area contributed by atoms with E-state index >= 15 is 0 Å². The van der Waals surface area contributed by atoms with Gasteiger partial charge in [-0.05, 0) is 30.7 Å². The van der Waals surface area contributed by atoms with E-state index in [4.69, 9.17) is 9.47 Å². The molecule has 0 spiro atoms.